The minimum atomic E-state index is -0.841. The second kappa shape index (κ2) is 15.7. The van der Waals surface area contributed by atoms with Crippen LogP contribution in [0.3, 0.4) is 0 Å². The fourth-order valence-electron chi connectivity index (χ4n) is 9.83. The number of hydrogen-bond donors (Lipinski definition) is 4. The Morgan fingerprint density at radius 3 is 1.22 bits per heavy atom. The molecule has 0 bridgehead atoms. The van der Waals surface area contributed by atoms with E-state index in [-0.39, 0.29) is 45.7 Å². The van der Waals surface area contributed by atoms with E-state index < -0.39 is 5.41 Å². The zero-order valence-electron chi connectivity index (χ0n) is 36.5. The summed E-state index contributed by atoms with van der Waals surface area (Å²) in [6.07, 6.45) is 0.593. The Labute approximate surface area is 346 Å². The quantitative estimate of drug-likeness (QED) is 0.118. The molecule has 0 amide bonds. The Kier molecular flexibility index (Phi) is 11.4. The molecular formula is C54H62O4. The Hall–Kier alpha value is -5.48. The first-order valence-corrected chi connectivity index (χ1v) is 20.5. The molecule has 302 valence electrons. The number of rotatable bonds is 9. The molecule has 1 atom stereocenters. The van der Waals surface area contributed by atoms with Gasteiger partial charge in [0.2, 0.25) is 0 Å². The van der Waals surface area contributed by atoms with Crippen molar-refractivity contribution in [3.05, 3.63) is 187 Å². The van der Waals surface area contributed by atoms with Crippen LogP contribution in [0.15, 0.2) is 109 Å². The van der Waals surface area contributed by atoms with Crippen LogP contribution in [0.2, 0.25) is 0 Å². The van der Waals surface area contributed by atoms with E-state index in [1.54, 1.807) is 0 Å². The first-order chi connectivity index (χ1) is 27.2. The van der Waals surface area contributed by atoms with Gasteiger partial charge >= 0.3 is 0 Å². The van der Waals surface area contributed by atoms with E-state index in [0.29, 0.717) is 6.42 Å². The zero-order chi connectivity index (χ0) is 42.5. The number of aryl methyl sites for hydroxylation is 2. The maximum atomic E-state index is 11.5. The van der Waals surface area contributed by atoms with Gasteiger partial charge in [-0.05, 0) is 161 Å². The smallest absolute Gasteiger partial charge is 0.119 e. The van der Waals surface area contributed by atoms with Crippen molar-refractivity contribution in [2.75, 3.05) is 0 Å². The van der Waals surface area contributed by atoms with Crippen LogP contribution in [-0.4, -0.2) is 20.4 Å². The topological polar surface area (TPSA) is 80.9 Å². The molecule has 0 fully saturated rings. The van der Waals surface area contributed by atoms with Crippen molar-refractivity contribution < 1.29 is 20.4 Å². The van der Waals surface area contributed by atoms with Crippen molar-refractivity contribution >= 4 is 0 Å². The molecule has 4 nitrogen and oxygen atoms in total. The molecule has 0 aliphatic heterocycles. The van der Waals surface area contributed by atoms with Crippen LogP contribution in [0, 0.1) is 41.5 Å². The minimum Gasteiger partial charge on any atom is -0.508 e. The van der Waals surface area contributed by atoms with Crippen LogP contribution >= 0.6 is 0 Å². The SMILES string of the molecule is Cc1cc(O)c(C)c(C)c1C(Cc1ccccc1)(c1c(C)cc(O)c(C)c1C)C(c1ccccc1)C(c1ccc(O)c(C(C)(C)C)c1)c1ccc(O)c(C(C)(C)C)c1. The average molecular weight is 775 g/mol. The van der Waals surface area contributed by atoms with Crippen LogP contribution < -0.4 is 0 Å². The molecule has 58 heavy (non-hydrogen) atoms. The standard InChI is InChI=1S/C54H62O4/c1-32-27-46(57)34(3)36(5)49(32)54(31-38-19-15-13-16-20-38,50-33(2)28-47(58)35(4)37(50)6)51(39-21-17-14-18-22-39)48(40-23-25-44(55)42(29-40)52(7,8)9)41-24-26-45(56)43(30-41)53(10,11)12/h13-30,48,51,55-58H,31H2,1-12H3. The lowest BCUT2D eigenvalue weighted by Crippen LogP contribution is -2.43. The number of aromatic hydroxyl groups is 4. The Morgan fingerprint density at radius 1 is 0.431 bits per heavy atom. The maximum absolute atomic E-state index is 11.5. The van der Waals surface area contributed by atoms with E-state index in [1.807, 2.05) is 38.1 Å². The molecule has 0 saturated carbocycles. The first-order valence-electron chi connectivity index (χ1n) is 20.5. The molecule has 0 aliphatic rings. The van der Waals surface area contributed by atoms with Gasteiger partial charge in [0.15, 0.2) is 0 Å². The highest BCUT2D eigenvalue weighted by molar-refractivity contribution is 5.64. The van der Waals surface area contributed by atoms with Crippen LogP contribution in [-0.2, 0) is 22.7 Å². The summed E-state index contributed by atoms with van der Waals surface area (Å²) in [5, 5.41) is 45.8. The lowest BCUT2D eigenvalue weighted by Gasteiger charge is -2.50. The second-order valence-electron chi connectivity index (χ2n) is 18.7. The Balaban J connectivity index is 1.96. The molecule has 6 rings (SSSR count). The van der Waals surface area contributed by atoms with Gasteiger partial charge in [-0.1, -0.05) is 126 Å². The van der Waals surface area contributed by atoms with Crippen molar-refractivity contribution in [1.82, 2.24) is 0 Å². The van der Waals surface area contributed by atoms with Crippen molar-refractivity contribution in [1.29, 1.82) is 0 Å². The fourth-order valence-corrected chi connectivity index (χ4v) is 9.83. The van der Waals surface area contributed by atoms with E-state index in [0.717, 1.165) is 77.9 Å². The van der Waals surface area contributed by atoms with Crippen molar-refractivity contribution in [2.45, 2.75) is 118 Å². The molecule has 1 unspecified atom stereocenters. The molecule has 0 aromatic heterocycles. The van der Waals surface area contributed by atoms with Gasteiger partial charge in [0, 0.05) is 17.3 Å². The lowest BCUT2D eigenvalue weighted by atomic mass is 9.52. The minimum absolute atomic E-state index is 0.254. The van der Waals surface area contributed by atoms with E-state index in [2.05, 4.69) is 154 Å². The first kappa shape index (κ1) is 42.1. The monoisotopic (exact) mass is 774 g/mol. The predicted molar refractivity (Wildman–Crippen MR) is 240 cm³/mol. The van der Waals surface area contributed by atoms with Crippen molar-refractivity contribution in [3.8, 4) is 23.0 Å². The molecule has 0 aliphatic carbocycles. The van der Waals surface area contributed by atoms with Crippen LogP contribution in [0.5, 0.6) is 23.0 Å². The maximum Gasteiger partial charge on any atom is 0.119 e. The highest BCUT2D eigenvalue weighted by Crippen LogP contribution is 2.59. The number of phenolic OH excluding ortho intramolecular Hbond substituents is 4. The lowest BCUT2D eigenvalue weighted by molar-refractivity contribution is 0.363. The molecular weight excluding hydrogens is 713 g/mol. The second-order valence-corrected chi connectivity index (χ2v) is 18.7. The van der Waals surface area contributed by atoms with Crippen molar-refractivity contribution in [3.63, 3.8) is 0 Å². The third kappa shape index (κ3) is 7.62. The third-order valence-corrected chi connectivity index (χ3v) is 12.8. The summed E-state index contributed by atoms with van der Waals surface area (Å²) in [4.78, 5) is 0. The van der Waals surface area contributed by atoms with Crippen LogP contribution in [0.1, 0.15) is 131 Å². The molecule has 6 aromatic carbocycles. The normalized spacial score (nSPS) is 12.9. The summed E-state index contributed by atoms with van der Waals surface area (Å²) in [5.74, 6) is 0.366. The predicted octanol–water partition coefficient (Wildman–Crippen LogP) is 13.1. The van der Waals surface area contributed by atoms with Gasteiger partial charge in [-0.15, -0.1) is 0 Å². The third-order valence-electron chi connectivity index (χ3n) is 12.8. The molecule has 4 heteroatoms. The summed E-state index contributed by atoms with van der Waals surface area (Å²) >= 11 is 0. The van der Waals surface area contributed by atoms with Gasteiger partial charge < -0.3 is 20.4 Å². The van der Waals surface area contributed by atoms with Crippen LogP contribution in [0.25, 0.3) is 0 Å². The van der Waals surface area contributed by atoms with Crippen molar-refractivity contribution in [2.24, 2.45) is 0 Å². The summed E-state index contributed by atoms with van der Waals surface area (Å²) in [5.41, 5.74) is 12.4. The number of phenols is 4. The van der Waals surface area contributed by atoms with Gasteiger partial charge in [-0.2, -0.15) is 0 Å². The molecule has 0 heterocycles. The van der Waals surface area contributed by atoms with Gasteiger partial charge in [0.1, 0.15) is 23.0 Å². The summed E-state index contributed by atoms with van der Waals surface area (Å²) < 4.78 is 0. The Morgan fingerprint density at radius 2 is 0.828 bits per heavy atom. The van der Waals surface area contributed by atoms with E-state index in [4.69, 9.17) is 0 Å². The largest absolute Gasteiger partial charge is 0.508 e. The zero-order valence-corrected chi connectivity index (χ0v) is 36.5. The number of benzene rings is 6. The molecule has 0 saturated heterocycles. The van der Waals surface area contributed by atoms with Crippen LogP contribution in [0.4, 0.5) is 0 Å². The molecule has 4 N–H and O–H groups in total. The highest BCUT2D eigenvalue weighted by Gasteiger charge is 2.51. The van der Waals surface area contributed by atoms with Gasteiger partial charge in [0.05, 0.1) is 0 Å². The summed E-state index contributed by atoms with van der Waals surface area (Å²) in [6.45, 7) is 25.3. The number of hydrogen-bond acceptors (Lipinski definition) is 4. The molecule has 6 aromatic rings. The van der Waals surface area contributed by atoms with Gasteiger partial charge in [0.25, 0.3) is 0 Å². The summed E-state index contributed by atoms with van der Waals surface area (Å²) in [6, 6.07) is 37.5. The average Bonchev–Trinajstić information content (AvgIpc) is 3.15. The highest BCUT2D eigenvalue weighted by atomic mass is 16.3. The van der Waals surface area contributed by atoms with E-state index in [1.165, 1.54) is 0 Å². The van der Waals surface area contributed by atoms with Gasteiger partial charge in [-0.3, -0.25) is 0 Å². The van der Waals surface area contributed by atoms with E-state index >= 15 is 0 Å². The Bertz CT molecular complexity index is 2320. The molecule has 0 radical (unpaired) electrons. The summed E-state index contributed by atoms with van der Waals surface area (Å²) in [7, 11) is 0. The van der Waals surface area contributed by atoms with E-state index in [9.17, 15) is 20.4 Å². The molecule has 0 spiro atoms. The fraction of sp³-hybridized carbons (Fsp3) is 0.333. The van der Waals surface area contributed by atoms with Gasteiger partial charge in [-0.25, -0.2) is 0 Å².